The number of benzene rings is 1. The van der Waals surface area contributed by atoms with Crippen molar-refractivity contribution in [1.29, 1.82) is 0 Å². The fourth-order valence-electron chi connectivity index (χ4n) is 2.25. The van der Waals surface area contributed by atoms with E-state index in [0.717, 1.165) is 18.1 Å². The van der Waals surface area contributed by atoms with Crippen LogP contribution in [0, 0.1) is 5.92 Å². The molecular weight excluding hydrogens is 228 g/mol. The third-order valence-corrected chi connectivity index (χ3v) is 3.43. The van der Waals surface area contributed by atoms with Crippen LogP contribution in [0.1, 0.15) is 26.3 Å². The first-order chi connectivity index (χ1) is 8.09. The Labute approximate surface area is 109 Å². The van der Waals surface area contributed by atoms with Crippen LogP contribution in [0.5, 0.6) is 0 Å². The molecule has 1 aliphatic heterocycles. The number of thiocarbonyl (C=S) groups is 1. The minimum atomic E-state index is 0.458. The zero-order chi connectivity index (χ0) is 12.4. The van der Waals surface area contributed by atoms with Crippen LogP contribution in [0.15, 0.2) is 24.3 Å². The molecule has 1 unspecified atom stereocenters. The number of nitrogens with zero attached hydrogens (tertiary/aromatic N) is 1. The molecule has 0 saturated carbocycles. The minimum absolute atomic E-state index is 0.458. The molecule has 0 fully saturated rings. The Bertz CT molecular complexity index is 414. The molecule has 17 heavy (non-hydrogen) atoms. The van der Waals surface area contributed by atoms with Gasteiger partial charge in [-0.3, -0.25) is 0 Å². The summed E-state index contributed by atoms with van der Waals surface area (Å²) in [5, 5.41) is 4.21. The summed E-state index contributed by atoms with van der Waals surface area (Å²) in [6.45, 7) is 7.54. The highest BCUT2D eigenvalue weighted by atomic mass is 32.1. The highest BCUT2D eigenvalue weighted by molar-refractivity contribution is 7.80. The van der Waals surface area contributed by atoms with Crippen molar-refractivity contribution in [3.05, 3.63) is 29.8 Å². The molecule has 2 rings (SSSR count). The Morgan fingerprint density at radius 1 is 1.47 bits per heavy atom. The average Bonchev–Trinajstić information content (AvgIpc) is 2.61. The van der Waals surface area contributed by atoms with Crippen LogP contribution in [0.25, 0.3) is 0 Å². The van der Waals surface area contributed by atoms with Crippen molar-refractivity contribution in [2.45, 2.75) is 33.2 Å². The molecule has 2 nitrogen and oxygen atoms in total. The van der Waals surface area contributed by atoms with Gasteiger partial charge in [-0.15, -0.1) is 0 Å². The summed E-state index contributed by atoms with van der Waals surface area (Å²) in [5.41, 5.74) is 2.66. The largest absolute Gasteiger partial charge is 0.362 e. The lowest BCUT2D eigenvalue weighted by Gasteiger charge is -2.26. The second kappa shape index (κ2) is 5.05. The number of hydrogen-bond acceptors (Lipinski definition) is 1. The molecule has 3 heteroatoms. The van der Waals surface area contributed by atoms with E-state index in [1.807, 2.05) is 0 Å². The standard InChI is InChI=1S/C14H20N2S/c1-10(2)9-15-14(17)16-11(3)8-12-6-4-5-7-13(12)16/h4-7,10-11H,8-9H2,1-3H3,(H,15,17). The van der Waals surface area contributed by atoms with Crippen molar-refractivity contribution in [2.24, 2.45) is 5.92 Å². The SMILES string of the molecule is CC(C)CNC(=S)N1c2ccccc2CC1C. The molecule has 1 atom stereocenters. The van der Waals surface area contributed by atoms with E-state index in [0.29, 0.717) is 12.0 Å². The smallest absolute Gasteiger partial charge is 0.173 e. The van der Waals surface area contributed by atoms with E-state index >= 15 is 0 Å². The van der Waals surface area contributed by atoms with Gasteiger partial charge in [0.1, 0.15) is 0 Å². The monoisotopic (exact) mass is 248 g/mol. The predicted octanol–water partition coefficient (Wildman–Crippen LogP) is 2.97. The van der Waals surface area contributed by atoms with Crippen LogP contribution in [-0.4, -0.2) is 17.7 Å². The Kier molecular flexibility index (Phi) is 3.67. The molecule has 1 aromatic rings. The summed E-state index contributed by atoms with van der Waals surface area (Å²) in [5.74, 6) is 0.612. The third kappa shape index (κ3) is 2.60. The van der Waals surface area contributed by atoms with Gasteiger partial charge in [-0.25, -0.2) is 0 Å². The van der Waals surface area contributed by atoms with Crippen LogP contribution in [0.3, 0.4) is 0 Å². The van der Waals surface area contributed by atoms with Gasteiger partial charge < -0.3 is 10.2 Å². The second-order valence-corrected chi connectivity index (χ2v) is 5.52. The number of nitrogens with one attached hydrogen (secondary N) is 1. The van der Waals surface area contributed by atoms with Gasteiger partial charge in [0.25, 0.3) is 0 Å². The molecule has 0 bridgehead atoms. The van der Waals surface area contributed by atoms with Gasteiger partial charge in [0.05, 0.1) is 0 Å². The molecule has 1 aliphatic rings. The first-order valence-corrected chi connectivity index (χ1v) is 6.65. The van der Waals surface area contributed by atoms with E-state index < -0.39 is 0 Å². The van der Waals surface area contributed by atoms with Crippen LogP contribution < -0.4 is 10.2 Å². The highest BCUT2D eigenvalue weighted by Crippen LogP contribution is 2.31. The maximum atomic E-state index is 5.50. The molecule has 1 heterocycles. The zero-order valence-electron chi connectivity index (χ0n) is 10.7. The fraction of sp³-hybridized carbons (Fsp3) is 0.500. The van der Waals surface area contributed by atoms with E-state index in [9.17, 15) is 0 Å². The number of anilines is 1. The van der Waals surface area contributed by atoms with Gasteiger partial charge in [-0.1, -0.05) is 32.0 Å². The van der Waals surface area contributed by atoms with Crippen LogP contribution in [-0.2, 0) is 6.42 Å². The summed E-state index contributed by atoms with van der Waals surface area (Å²) in [4.78, 5) is 2.24. The van der Waals surface area contributed by atoms with E-state index in [4.69, 9.17) is 12.2 Å². The molecule has 0 amide bonds. The number of para-hydroxylation sites is 1. The summed E-state index contributed by atoms with van der Waals surface area (Å²) < 4.78 is 0. The van der Waals surface area contributed by atoms with Gasteiger partial charge in [-0.05, 0) is 43.1 Å². The van der Waals surface area contributed by atoms with E-state index in [1.54, 1.807) is 0 Å². The topological polar surface area (TPSA) is 15.3 Å². The molecule has 0 aliphatic carbocycles. The maximum absolute atomic E-state index is 5.50. The van der Waals surface area contributed by atoms with Crippen molar-refractivity contribution < 1.29 is 0 Å². The fourth-order valence-corrected chi connectivity index (χ4v) is 2.61. The molecule has 0 radical (unpaired) electrons. The third-order valence-electron chi connectivity index (χ3n) is 3.09. The van der Waals surface area contributed by atoms with Gasteiger partial charge in [0.2, 0.25) is 0 Å². The highest BCUT2D eigenvalue weighted by Gasteiger charge is 2.28. The Morgan fingerprint density at radius 3 is 2.88 bits per heavy atom. The number of fused-ring (bicyclic) bond motifs is 1. The zero-order valence-corrected chi connectivity index (χ0v) is 11.6. The first-order valence-electron chi connectivity index (χ1n) is 6.24. The molecule has 0 aromatic heterocycles. The van der Waals surface area contributed by atoms with Gasteiger partial charge >= 0.3 is 0 Å². The summed E-state index contributed by atoms with van der Waals surface area (Å²) in [6.07, 6.45) is 1.08. The van der Waals surface area contributed by atoms with E-state index in [1.165, 1.54) is 11.3 Å². The molecule has 0 spiro atoms. The second-order valence-electron chi connectivity index (χ2n) is 5.13. The quantitative estimate of drug-likeness (QED) is 0.810. The normalized spacial score (nSPS) is 18.4. The maximum Gasteiger partial charge on any atom is 0.173 e. The Morgan fingerprint density at radius 2 is 2.18 bits per heavy atom. The van der Waals surface area contributed by atoms with Crippen molar-refractivity contribution in [2.75, 3.05) is 11.4 Å². The lowest BCUT2D eigenvalue weighted by Crippen LogP contribution is -2.44. The number of rotatable bonds is 2. The summed E-state index contributed by atoms with van der Waals surface area (Å²) >= 11 is 5.50. The summed E-state index contributed by atoms with van der Waals surface area (Å²) in [6, 6.07) is 8.98. The van der Waals surface area contributed by atoms with Crippen molar-refractivity contribution in [1.82, 2.24) is 5.32 Å². The van der Waals surface area contributed by atoms with Gasteiger partial charge in [0, 0.05) is 18.3 Å². The Hall–Kier alpha value is -1.09. The average molecular weight is 248 g/mol. The molecular formula is C14H20N2S. The van der Waals surface area contributed by atoms with Crippen molar-refractivity contribution in [3.8, 4) is 0 Å². The minimum Gasteiger partial charge on any atom is -0.362 e. The number of hydrogen-bond donors (Lipinski definition) is 1. The summed E-state index contributed by atoms with van der Waals surface area (Å²) in [7, 11) is 0. The first kappa shape index (κ1) is 12.4. The van der Waals surface area contributed by atoms with Crippen molar-refractivity contribution >= 4 is 23.0 Å². The molecule has 92 valence electrons. The van der Waals surface area contributed by atoms with Crippen LogP contribution in [0.2, 0.25) is 0 Å². The van der Waals surface area contributed by atoms with E-state index in [2.05, 4.69) is 55.3 Å². The van der Waals surface area contributed by atoms with Crippen LogP contribution in [0.4, 0.5) is 5.69 Å². The van der Waals surface area contributed by atoms with Gasteiger partial charge in [0.15, 0.2) is 5.11 Å². The molecule has 0 saturated heterocycles. The Balaban J connectivity index is 2.13. The van der Waals surface area contributed by atoms with Gasteiger partial charge in [-0.2, -0.15) is 0 Å². The van der Waals surface area contributed by atoms with Crippen LogP contribution >= 0.6 is 12.2 Å². The lowest BCUT2D eigenvalue weighted by molar-refractivity contribution is 0.620. The molecule has 1 N–H and O–H groups in total. The van der Waals surface area contributed by atoms with E-state index in [-0.39, 0.29) is 0 Å². The predicted molar refractivity (Wildman–Crippen MR) is 77.5 cm³/mol. The molecule has 1 aromatic carbocycles. The van der Waals surface area contributed by atoms with Crippen molar-refractivity contribution in [3.63, 3.8) is 0 Å². The lowest BCUT2D eigenvalue weighted by atomic mass is 10.1.